The lowest BCUT2D eigenvalue weighted by atomic mass is 10.2. The van der Waals surface area contributed by atoms with Crippen molar-refractivity contribution in [2.24, 2.45) is 0 Å². The van der Waals surface area contributed by atoms with Gasteiger partial charge in [-0.05, 0) is 13.0 Å². The maximum atomic E-state index is 13.9. The molecule has 5 N–H and O–H groups in total. The van der Waals surface area contributed by atoms with Crippen molar-refractivity contribution in [3.05, 3.63) is 16.9 Å². The van der Waals surface area contributed by atoms with Gasteiger partial charge >= 0.3 is 0 Å². The Hall–Kier alpha value is -1.20. The molecule has 0 aliphatic heterocycles. The van der Waals surface area contributed by atoms with Crippen molar-refractivity contribution < 1.29 is 9.50 Å². The van der Waals surface area contributed by atoms with Gasteiger partial charge in [0.2, 0.25) is 0 Å². The highest BCUT2D eigenvalue weighted by Gasteiger charge is 2.20. The molecule has 1 rings (SSSR count). The molecule has 0 spiro atoms. The Kier molecular flexibility index (Phi) is 3.83. The molecule has 0 fully saturated rings. The predicted octanol–water partition coefficient (Wildman–Crippen LogP) is 1.46. The van der Waals surface area contributed by atoms with E-state index in [1.165, 1.54) is 11.0 Å². The highest BCUT2D eigenvalue weighted by molar-refractivity contribution is 6.33. The quantitative estimate of drug-likeness (QED) is 0.707. The number of nitrogens with zero attached hydrogens (tertiary/aromatic N) is 1. The van der Waals surface area contributed by atoms with Crippen LogP contribution in [0, 0.1) is 5.82 Å². The molecule has 0 bridgehead atoms. The van der Waals surface area contributed by atoms with Crippen LogP contribution < -0.4 is 16.4 Å². The van der Waals surface area contributed by atoms with E-state index in [1.807, 2.05) is 0 Å². The van der Waals surface area contributed by atoms with E-state index in [1.54, 1.807) is 14.0 Å². The summed E-state index contributed by atoms with van der Waals surface area (Å²) in [6.45, 7) is 1.63. The third-order valence-corrected chi connectivity index (χ3v) is 2.90. The number of benzene rings is 1. The van der Waals surface area contributed by atoms with Gasteiger partial charge < -0.3 is 21.5 Å². The minimum absolute atomic E-state index is 0.102. The molecule has 6 heteroatoms. The third kappa shape index (κ3) is 2.15. The molecule has 0 amide bonds. The van der Waals surface area contributed by atoms with Crippen molar-refractivity contribution in [3.63, 3.8) is 0 Å². The number of hydrogen-bond acceptors (Lipinski definition) is 4. The summed E-state index contributed by atoms with van der Waals surface area (Å²) in [6.07, 6.45) is 0. The second-order valence-electron chi connectivity index (χ2n) is 3.67. The molecule has 1 atom stereocenters. The lowest BCUT2D eigenvalue weighted by Crippen LogP contribution is -2.33. The molecule has 90 valence electrons. The Morgan fingerprint density at radius 2 is 2.06 bits per heavy atom. The summed E-state index contributed by atoms with van der Waals surface area (Å²) in [5.41, 5.74) is 11.6. The summed E-state index contributed by atoms with van der Waals surface area (Å²) >= 11 is 5.70. The summed E-state index contributed by atoms with van der Waals surface area (Å²) in [5.74, 6) is -0.665. The van der Waals surface area contributed by atoms with Crippen LogP contribution in [0.3, 0.4) is 0 Å². The highest BCUT2D eigenvalue weighted by atomic mass is 35.5. The number of halogens is 2. The molecule has 1 aromatic rings. The number of likely N-dealkylation sites (N-methyl/N-ethyl adjacent to an activating group) is 1. The van der Waals surface area contributed by atoms with E-state index in [2.05, 4.69) is 0 Å². The predicted molar refractivity (Wildman–Crippen MR) is 65.2 cm³/mol. The molecule has 16 heavy (non-hydrogen) atoms. The third-order valence-electron chi connectivity index (χ3n) is 2.52. The topological polar surface area (TPSA) is 75.5 Å². The molecule has 0 aromatic heterocycles. The van der Waals surface area contributed by atoms with E-state index in [9.17, 15) is 4.39 Å². The Bertz CT molecular complexity index is 400. The molecule has 1 unspecified atom stereocenters. The molecule has 0 heterocycles. The first-order valence-electron chi connectivity index (χ1n) is 4.76. The van der Waals surface area contributed by atoms with Crippen LogP contribution in [0.15, 0.2) is 6.07 Å². The molecular weight excluding hydrogens is 233 g/mol. The normalized spacial score (nSPS) is 12.6. The SMILES string of the molecule is CC(CO)N(C)c1c(N)cc(N)c(Cl)c1F. The van der Waals surface area contributed by atoms with Crippen LogP contribution in [0.4, 0.5) is 21.5 Å². The number of nitrogens with two attached hydrogens (primary N) is 2. The molecule has 0 saturated heterocycles. The Balaban J connectivity index is 3.28. The lowest BCUT2D eigenvalue weighted by molar-refractivity contribution is 0.270. The van der Waals surface area contributed by atoms with Gasteiger partial charge in [-0.3, -0.25) is 0 Å². The first-order valence-corrected chi connectivity index (χ1v) is 5.14. The van der Waals surface area contributed by atoms with Gasteiger partial charge in [0.15, 0.2) is 5.82 Å². The van der Waals surface area contributed by atoms with Crippen LogP contribution in [-0.2, 0) is 0 Å². The minimum Gasteiger partial charge on any atom is -0.397 e. The van der Waals surface area contributed by atoms with Gasteiger partial charge in [0.25, 0.3) is 0 Å². The maximum Gasteiger partial charge on any atom is 0.169 e. The van der Waals surface area contributed by atoms with E-state index < -0.39 is 5.82 Å². The number of rotatable bonds is 3. The average Bonchev–Trinajstić information content (AvgIpc) is 2.24. The van der Waals surface area contributed by atoms with Gasteiger partial charge in [-0.25, -0.2) is 4.39 Å². The fraction of sp³-hybridized carbons (Fsp3) is 0.400. The zero-order valence-corrected chi connectivity index (χ0v) is 9.92. The first-order chi connectivity index (χ1) is 7.40. The van der Waals surface area contributed by atoms with Crippen LogP contribution in [0.1, 0.15) is 6.92 Å². The molecule has 0 radical (unpaired) electrons. The Morgan fingerprint density at radius 3 is 2.56 bits per heavy atom. The van der Waals surface area contributed by atoms with Gasteiger partial charge in [0.05, 0.1) is 23.7 Å². The van der Waals surface area contributed by atoms with Gasteiger partial charge in [-0.2, -0.15) is 0 Å². The van der Waals surface area contributed by atoms with E-state index in [-0.39, 0.29) is 34.7 Å². The summed E-state index contributed by atoms with van der Waals surface area (Å²) in [7, 11) is 1.63. The fourth-order valence-electron chi connectivity index (χ4n) is 1.36. The first kappa shape index (κ1) is 12.9. The van der Waals surface area contributed by atoms with Gasteiger partial charge in [-0.1, -0.05) is 11.6 Å². The molecule has 1 aromatic carbocycles. The monoisotopic (exact) mass is 247 g/mol. The van der Waals surface area contributed by atoms with Crippen LogP contribution in [-0.4, -0.2) is 24.8 Å². The summed E-state index contributed by atoms with van der Waals surface area (Å²) in [5, 5.41) is 8.86. The van der Waals surface area contributed by atoms with Crippen LogP contribution in [0.5, 0.6) is 0 Å². The van der Waals surface area contributed by atoms with Crippen molar-refractivity contribution in [2.75, 3.05) is 30.0 Å². The number of anilines is 3. The Labute approximate surface area is 98.6 Å². The summed E-state index contributed by atoms with van der Waals surface area (Å²) in [4.78, 5) is 1.52. The summed E-state index contributed by atoms with van der Waals surface area (Å²) in [6, 6.07) is 1.14. The lowest BCUT2D eigenvalue weighted by Gasteiger charge is -2.27. The van der Waals surface area contributed by atoms with Crippen molar-refractivity contribution >= 4 is 28.7 Å². The van der Waals surface area contributed by atoms with Crippen LogP contribution >= 0.6 is 11.6 Å². The molecule has 0 aliphatic carbocycles. The fourth-order valence-corrected chi connectivity index (χ4v) is 1.50. The van der Waals surface area contributed by atoms with Crippen LogP contribution in [0.25, 0.3) is 0 Å². The number of aliphatic hydroxyl groups excluding tert-OH is 1. The molecule has 0 saturated carbocycles. The van der Waals surface area contributed by atoms with Crippen molar-refractivity contribution in [1.29, 1.82) is 0 Å². The van der Waals surface area contributed by atoms with E-state index in [4.69, 9.17) is 28.2 Å². The van der Waals surface area contributed by atoms with Crippen molar-refractivity contribution in [2.45, 2.75) is 13.0 Å². The maximum absolute atomic E-state index is 13.9. The van der Waals surface area contributed by atoms with Gasteiger partial charge in [0, 0.05) is 13.1 Å². The largest absolute Gasteiger partial charge is 0.397 e. The second kappa shape index (κ2) is 4.76. The zero-order valence-electron chi connectivity index (χ0n) is 9.17. The van der Waals surface area contributed by atoms with Crippen molar-refractivity contribution in [1.82, 2.24) is 0 Å². The van der Waals surface area contributed by atoms with E-state index in [0.717, 1.165) is 0 Å². The number of aliphatic hydroxyl groups is 1. The smallest absolute Gasteiger partial charge is 0.169 e. The average molecular weight is 248 g/mol. The number of hydrogen-bond donors (Lipinski definition) is 3. The zero-order chi connectivity index (χ0) is 12.5. The summed E-state index contributed by atoms with van der Waals surface area (Å²) < 4.78 is 13.9. The van der Waals surface area contributed by atoms with E-state index in [0.29, 0.717) is 0 Å². The Morgan fingerprint density at radius 1 is 1.50 bits per heavy atom. The molecule has 0 aliphatic rings. The van der Waals surface area contributed by atoms with Gasteiger partial charge in [-0.15, -0.1) is 0 Å². The molecule has 4 nitrogen and oxygen atoms in total. The standard InChI is InChI=1S/C10H15ClFN3O/c1-5(4-16)15(2)10-7(14)3-6(13)8(11)9(10)12/h3,5,16H,4,13-14H2,1-2H3. The second-order valence-corrected chi connectivity index (χ2v) is 4.05. The number of nitrogen functional groups attached to an aromatic ring is 2. The van der Waals surface area contributed by atoms with E-state index >= 15 is 0 Å². The van der Waals surface area contributed by atoms with Crippen molar-refractivity contribution in [3.8, 4) is 0 Å². The highest BCUT2D eigenvalue weighted by Crippen LogP contribution is 2.36. The molecular formula is C10H15ClFN3O. The van der Waals surface area contributed by atoms with Gasteiger partial charge in [0.1, 0.15) is 5.02 Å². The van der Waals surface area contributed by atoms with Crippen LogP contribution in [0.2, 0.25) is 5.02 Å². The minimum atomic E-state index is -0.665.